The van der Waals surface area contributed by atoms with E-state index in [4.69, 9.17) is 23.5 Å². The van der Waals surface area contributed by atoms with Gasteiger partial charge >= 0.3 is 5.97 Å². The summed E-state index contributed by atoms with van der Waals surface area (Å²) in [5, 5.41) is 8.19. The van der Waals surface area contributed by atoms with E-state index in [1.807, 2.05) is 17.5 Å². The molecule has 2 aromatic heterocycles. The summed E-state index contributed by atoms with van der Waals surface area (Å²) in [6.45, 7) is -0.543. The van der Waals surface area contributed by atoms with Gasteiger partial charge in [0.1, 0.15) is 6.54 Å². The van der Waals surface area contributed by atoms with Crippen LogP contribution in [0.5, 0.6) is 17.2 Å². The zero-order valence-electron chi connectivity index (χ0n) is 16.5. The Morgan fingerprint density at radius 1 is 1.13 bits per heavy atom. The lowest BCUT2D eigenvalue weighted by Gasteiger charge is -2.14. The number of ether oxygens (including phenoxy) is 4. The highest BCUT2D eigenvalue weighted by Crippen LogP contribution is 2.38. The number of amides is 1. The molecule has 0 spiro atoms. The van der Waals surface area contributed by atoms with E-state index in [0.29, 0.717) is 23.1 Å². The smallest absolute Gasteiger partial charge is 0.325 e. The van der Waals surface area contributed by atoms with E-state index in [9.17, 15) is 9.59 Å². The summed E-state index contributed by atoms with van der Waals surface area (Å²) in [6, 6.07) is 6.68. The molecule has 158 valence electrons. The second kappa shape index (κ2) is 9.74. The number of carbonyl (C=O) groups excluding carboxylic acids is 2. The third-order valence-corrected chi connectivity index (χ3v) is 4.75. The molecule has 0 aliphatic carbocycles. The van der Waals surface area contributed by atoms with E-state index in [-0.39, 0.29) is 24.6 Å². The Morgan fingerprint density at radius 2 is 1.87 bits per heavy atom. The molecule has 11 heteroatoms. The lowest BCUT2D eigenvalue weighted by Crippen LogP contribution is -2.30. The first-order chi connectivity index (χ1) is 14.5. The van der Waals surface area contributed by atoms with E-state index >= 15 is 0 Å². The van der Waals surface area contributed by atoms with Crippen LogP contribution in [0.2, 0.25) is 0 Å². The second-order valence-corrected chi connectivity index (χ2v) is 6.69. The third-order valence-electron chi connectivity index (χ3n) is 3.89. The summed E-state index contributed by atoms with van der Waals surface area (Å²) in [5.74, 6) is 0.410. The number of nitrogens with zero attached hydrogens (tertiary/aromatic N) is 2. The van der Waals surface area contributed by atoms with E-state index in [1.165, 1.54) is 44.8 Å². The highest BCUT2D eigenvalue weighted by Gasteiger charge is 2.18. The Hall–Kier alpha value is -3.60. The van der Waals surface area contributed by atoms with Crippen LogP contribution in [0.4, 0.5) is 0 Å². The van der Waals surface area contributed by atoms with Gasteiger partial charge in [0.25, 0.3) is 11.8 Å². The molecule has 1 amide bonds. The Balaban J connectivity index is 1.54. The first-order valence-corrected chi connectivity index (χ1v) is 9.54. The maximum absolute atomic E-state index is 12.4. The minimum Gasteiger partial charge on any atom is -0.493 e. The number of benzene rings is 1. The molecule has 1 N–H and O–H groups in total. The van der Waals surface area contributed by atoms with E-state index < -0.39 is 11.9 Å². The quantitative estimate of drug-likeness (QED) is 0.506. The van der Waals surface area contributed by atoms with Gasteiger partial charge in [-0.05, 0) is 23.6 Å². The van der Waals surface area contributed by atoms with Gasteiger partial charge in [-0.3, -0.25) is 9.59 Å². The molecule has 0 aliphatic heterocycles. The number of hydrogen-bond donors (Lipinski definition) is 1. The van der Waals surface area contributed by atoms with Crippen LogP contribution in [0.3, 0.4) is 0 Å². The van der Waals surface area contributed by atoms with E-state index in [1.54, 1.807) is 0 Å². The Kier molecular flexibility index (Phi) is 6.86. The molecule has 2 heterocycles. The summed E-state index contributed by atoms with van der Waals surface area (Å²) >= 11 is 1.46. The van der Waals surface area contributed by atoms with Gasteiger partial charge in [0.2, 0.25) is 11.6 Å². The topological polar surface area (TPSA) is 122 Å². The summed E-state index contributed by atoms with van der Waals surface area (Å²) < 4.78 is 25.7. The first kappa shape index (κ1) is 21.1. The first-order valence-electron chi connectivity index (χ1n) is 8.66. The van der Waals surface area contributed by atoms with Gasteiger partial charge in [-0.25, -0.2) is 0 Å². The largest absolute Gasteiger partial charge is 0.493 e. The molecule has 3 rings (SSSR count). The van der Waals surface area contributed by atoms with Crippen molar-refractivity contribution in [2.24, 2.45) is 0 Å². The molecular formula is C19H19N3O7S. The van der Waals surface area contributed by atoms with Crippen LogP contribution in [0.15, 0.2) is 34.2 Å². The van der Waals surface area contributed by atoms with Crippen molar-refractivity contribution in [1.82, 2.24) is 15.5 Å². The van der Waals surface area contributed by atoms with Crippen LogP contribution in [0.25, 0.3) is 10.7 Å². The highest BCUT2D eigenvalue weighted by molar-refractivity contribution is 7.13. The summed E-state index contributed by atoms with van der Waals surface area (Å²) in [4.78, 5) is 29.3. The van der Waals surface area contributed by atoms with Crippen LogP contribution in [0, 0.1) is 0 Å². The molecular weight excluding hydrogens is 414 g/mol. The van der Waals surface area contributed by atoms with Crippen LogP contribution >= 0.6 is 11.3 Å². The van der Waals surface area contributed by atoms with Crippen molar-refractivity contribution in [3.8, 4) is 28.0 Å². The maximum atomic E-state index is 12.4. The van der Waals surface area contributed by atoms with Gasteiger partial charge in [-0.1, -0.05) is 11.2 Å². The van der Waals surface area contributed by atoms with Crippen LogP contribution < -0.4 is 19.5 Å². The highest BCUT2D eigenvalue weighted by atomic mass is 32.1. The lowest BCUT2D eigenvalue weighted by molar-refractivity contribution is -0.144. The maximum Gasteiger partial charge on any atom is 0.325 e. The molecule has 0 saturated carbocycles. The standard InChI is InChI=1S/C19H19N3O7S/c1-25-12-7-11(8-13(26-2)17(12)27-3)19(24)20-9-16(23)28-10-15-21-18(22-29-15)14-5-4-6-30-14/h4-8H,9-10H2,1-3H3,(H,20,24). The normalized spacial score (nSPS) is 10.4. The van der Waals surface area contributed by atoms with Crippen LogP contribution in [-0.2, 0) is 16.1 Å². The zero-order chi connectivity index (χ0) is 21.5. The molecule has 0 atom stereocenters. The Labute approximate surface area is 175 Å². The summed E-state index contributed by atoms with van der Waals surface area (Å²) in [7, 11) is 4.35. The molecule has 10 nitrogen and oxygen atoms in total. The fourth-order valence-corrected chi connectivity index (χ4v) is 3.13. The molecule has 0 aliphatic rings. The minimum atomic E-state index is -0.660. The van der Waals surface area contributed by atoms with Gasteiger partial charge in [0.15, 0.2) is 18.1 Å². The van der Waals surface area contributed by atoms with E-state index in [0.717, 1.165) is 4.88 Å². The SMILES string of the molecule is COc1cc(C(=O)NCC(=O)OCc2nc(-c3cccs3)no2)cc(OC)c1OC. The average molecular weight is 433 g/mol. The van der Waals surface area contributed by atoms with Crippen molar-refractivity contribution < 1.29 is 33.1 Å². The molecule has 0 radical (unpaired) electrons. The van der Waals surface area contributed by atoms with Crippen LogP contribution in [0.1, 0.15) is 16.2 Å². The second-order valence-electron chi connectivity index (χ2n) is 5.75. The fraction of sp³-hybridized carbons (Fsp3) is 0.263. The van der Waals surface area contributed by atoms with Crippen molar-refractivity contribution in [3.63, 3.8) is 0 Å². The van der Waals surface area contributed by atoms with Gasteiger partial charge in [0.05, 0.1) is 26.2 Å². The number of esters is 1. The number of nitrogens with one attached hydrogen (secondary N) is 1. The summed E-state index contributed by atoms with van der Waals surface area (Å²) in [5.41, 5.74) is 0.231. The van der Waals surface area contributed by atoms with Crippen molar-refractivity contribution in [2.75, 3.05) is 27.9 Å². The number of methoxy groups -OCH3 is 3. The van der Waals surface area contributed by atoms with Crippen molar-refractivity contribution in [1.29, 1.82) is 0 Å². The number of rotatable bonds is 9. The molecule has 3 aromatic rings. The number of thiophene rings is 1. The molecule has 0 unspecified atom stereocenters. The molecule has 0 fully saturated rings. The lowest BCUT2D eigenvalue weighted by atomic mass is 10.1. The molecule has 30 heavy (non-hydrogen) atoms. The number of carbonyl (C=O) groups is 2. The van der Waals surface area contributed by atoms with Gasteiger partial charge in [-0.2, -0.15) is 4.98 Å². The Morgan fingerprint density at radius 3 is 2.47 bits per heavy atom. The predicted molar refractivity (Wildman–Crippen MR) is 106 cm³/mol. The van der Waals surface area contributed by atoms with Crippen LogP contribution in [-0.4, -0.2) is 49.9 Å². The van der Waals surface area contributed by atoms with E-state index in [2.05, 4.69) is 15.5 Å². The molecule has 0 saturated heterocycles. The zero-order valence-corrected chi connectivity index (χ0v) is 17.3. The van der Waals surface area contributed by atoms with Crippen molar-refractivity contribution >= 4 is 23.2 Å². The molecule has 0 bridgehead atoms. The average Bonchev–Trinajstić information content (AvgIpc) is 3.46. The van der Waals surface area contributed by atoms with Gasteiger partial charge in [0, 0.05) is 5.56 Å². The van der Waals surface area contributed by atoms with Gasteiger partial charge in [-0.15, -0.1) is 11.3 Å². The number of hydrogen-bond acceptors (Lipinski definition) is 10. The minimum absolute atomic E-state index is 0.155. The van der Waals surface area contributed by atoms with Gasteiger partial charge < -0.3 is 28.8 Å². The van der Waals surface area contributed by atoms with Crippen molar-refractivity contribution in [2.45, 2.75) is 6.61 Å². The predicted octanol–water partition coefficient (Wildman–Crippen LogP) is 2.30. The third kappa shape index (κ3) is 4.87. The number of aromatic nitrogens is 2. The Bertz CT molecular complexity index is 992. The fourth-order valence-electron chi connectivity index (χ4n) is 2.48. The summed E-state index contributed by atoms with van der Waals surface area (Å²) in [6.07, 6.45) is 0. The monoisotopic (exact) mass is 433 g/mol. The van der Waals surface area contributed by atoms with Crippen molar-refractivity contribution in [3.05, 3.63) is 41.1 Å². The molecule has 1 aromatic carbocycles.